The third-order valence-electron chi connectivity index (χ3n) is 3.32. The molecule has 98 valence electrons. The van der Waals surface area contributed by atoms with Gasteiger partial charge in [0.15, 0.2) is 11.9 Å². The molecule has 0 saturated heterocycles. The second-order valence-corrected chi connectivity index (χ2v) is 4.53. The fraction of sp³-hybridized carbons (Fsp3) is 0.286. The summed E-state index contributed by atoms with van der Waals surface area (Å²) in [6.45, 7) is 1.80. The van der Waals surface area contributed by atoms with Gasteiger partial charge in [0, 0.05) is 6.42 Å². The minimum atomic E-state index is -0.345. The van der Waals surface area contributed by atoms with Gasteiger partial charge in [-0.2, -0.15) is 4.98 Å². The highest BCUT2D eigenvalue weighted by Crippen LogP contribution is 2.35. The Morgan fingerprint density at radius 3 is 2.95 bits per heavy atom. The molecule has 1 aromatic heterocycles. The maximum atomic E-state index is 11.8. The Balaban J connectivity index is 1.96. The lowest BCUT2D eigenvalue weighted by Gasteiger charge is -2.10. The van der Waals surface area contributed by atoms with Crippen LogP contribution in [0.5, 0.6) is 11.6 Å². The van der Waals surface area contributed by atoms with Crippen molar-refractivity contribution in [2.75, 3.05) is 0 Å². The van der Waals surface area contributed by atoms with E-state index in [1.165, 1.54) is 0 Å². The lowest BCUT2D eigenvalue weighted by atomic mass is 10.1. The van der Waals surface area contributed by atoms with Gasteiger partial charge in [-0.25, -0.2) is 0 Å². The number of aromatic amines is 1. The van der Waals surface area contributed by atoms with Gasteiger partial charge in [-0.05, 0) is 18.1 Å². The molecular formula is C14H14N2O3. The van der Waals surface area contributed by atoms with Gasteiger partial charge in [0.2, 0.25) is 5.88 Å². The summed E-state index contributed by atoms with van der Waals surface area (Å²) >= 11 is 0. The molecule has 0 amide bonds. The number of H-pyrrole nitrogens is 1. The molecule has 1 aliphatic rings. The summed E-state index contributed by atoms with van der Waals surface area (Å²) in [4.78, 5) is 18.5. The number of nitrogens with one attached hydrogen (secondary N) is 1. The van der Waals surface area contributed by atoms with Crippen molar-refractivity contribution in [3.63, 3.8) is 0 Å². The summed E-state index contributed by atoms with van der Waals surface area (Å²) in [6.07, 6.45) is 0.742. The van der Waals surface area contributed by atoms with Gasteiger partial charge in [-0.1, -0.05) is 25.1 Å². The van der Waals surface area contributed by atoms with E-state index >= 15 is 0 Å². The molecule has 1 unspecified atom stereocenters. The highest BCUT2D eigenvalue weighted by Gasteiger charge is 2.27. The molecule has 5 heteroatoms. The number of hydrogen-bond acceptors (Lipinski definition) is 4. The molecule has 19 heavy (non-hydrogen) atoms. The van der Waals surface area contributed by atoms with Crippen LogP contribution in [0.15, 0.2) is 29.1 Å². The van der Waals surface area contributed by atoms with E-state index in [9.17, 15) is 9.90 Å². The minimum absolute atomic E-state index is 0.208. The van der Waals surface area contributed by atoms with Gasteiger partial charge in [-0.3, -0.25) is 4.79 Å². The molecule has 1 aliphatic heterocycles. The number of nitrogens with zero attached hydrogens (tertiary/aromatic N) is 1. The number of rotatable bonds is 2. The standard InChI is InChI=1S/C14H14N2O3/c1-2-9-13(17)15-12(16-14(9)18)11-7-8-5-3-4-6-10(8)19-11/h3-6,11H,2,7H2,1H3,(H2,15,16,17,18). The molecule has 0 bridgehead atoms. The van der Waals surface area contributed by atoms with Gasteiger partial charge >= 0.3 is 0 Å². The van der Waals surface area contributed by atoms with Crippen LogP contribution in [-0.2, 0) is 12.8 Å². The molecule has 0 aliphatic carbocycles. The van der Waals surface area contributed by atoms with Gasteiger partial charge in [0.1, 0.15) is 5.75 Å². The largest absolute Gasteiger partial charge is 0.493 e. The number of para-hydroxylation sites is 1. The third-order valence-corrected chi connectivity index (χ3v) is 3.32. The lowest BCUT2D eigenvalue weighted by Crippen LogP contribution is -2.19. The summed E-state index contributed by atoms with van der Waals surface area (Å²) in [5, 5.41) is 9.76. The van der Waals surface area contributed by atoms with Crippen LogP contribution in [0.2, 0.25) is 0 Å². The van der Waals surface area contributed by atoms with Crippen LogP contribution >= 0.6 is 0 Å². The highest BCUT2D eigenvalue weighted by molar-refractivity contribution is 5.38. The first kappa shape index (κ1) is 11.8. The lowest BCUT2D eigenvalue weighted by molar-refractivity contribution is 0.225. The van der Waals surface area contributed by atoms with E-state index in [-0.39, 0.29) is 17.5 Å². The third kappa shape index (κ3) is 1.97. The first-order chi connectivity index (χ1) is 9.19. The summed E-state index contributed by atoms with van der Waals surface area (Å²) < 4.78 is 5.73. The van der Waals surface area contributed by atoms with Crippen molar-refractivity contribution in [1.29, 1.82) is 0 Å². The first-order valence-corrected chi connectivity index (χ1v) is 6.25. The monoisotopic (exact) mass is 258 g/mol. The van der Waals surface area contributed by atoms with Crippen molar-refractivity contribution < 1.29 is 9.84 Å². The molecule has 2 heterocycles. The number of aromatic hydroxyl groups is 1. The number of ether oxygens (including phenoxy) is 1. The zero-order chi connectivity index (χ0) is 13.4. The number of fused-ring (bicyclic) bond motifs is 1. The molecule has 5 nitrogen and oxygen atoms in total. The van der Waals surface area contributed by atoms with Gasteiger partial charge in [0.05, 0.1) is 5.56 Å². The van der Waals surface area contributed by atoms with E-state index in [1.54, 1.807) is 6.92 Å². The Bertz CT molecular complexity index is 654. The Kier molecular flexibility index (Phi) is 2.74. The average Bonchev–Trinajstić information content (AvgIpc) is 2.82. The Morgan fingerprint density at radius 1 is 1.47 bits per heavy atom. The second-order valence-electron chi connectivity index (χ2n) is 4.53. The zero-order valence-electron chi connectivity index (χ0n) is 10.5. The SMILES string of the molecule is CCc1c(O)nc(C2Cc3ccccc3O2)[nH]c1=O. The van der Waals surface area contributed by atoms with Gasteiger partial charge < -0.3 is 14.8 Å². The highest BCUT2D eigenvalue weighted by atomic mass is 16.5. The van der Waals surface area contributed by atoms with Crippen LogP contribution < -0.4 is 10.3 Å². The van der Waals surface area contributed by atoms with Crippen molar-refractivity contribution in [3.05, 3.63) is 51.6 Å². The molecule has 3 rings (SSSR count). The zero-order valence-corrected chi connectivity index (χ0v) is 10.5. The molecule has 1 atom stereocenters. The minimum Gasteiger partial charge on any atom is -0.493 e. The summed E-state index contributed by atoms with van der Waals surface area (Å²) in [6, 6.07) is 7.70. The average molecular weight is 258 g/mol. The number of hydrogen-bond donors (Lipinski definition) is 2. The topological polar surface area (TPSA) is 75.2 Å². The summed E-state index contributed by atoms with van der Waals surface area (Å²) in [7, 11) is 0. The molecule has 2 N–H and O–H groups in total. The van der Waals surface area contributed by atoms with Crippen molar-refractivity contribution in [2.24, 2.45) is 0 Å². The van der Waals surface area contributed by atoms with Crippen molar-refractivity contribution in [3.8, 4) is 11.6 Å². The molecule has 1 aromatic carbocycles. The molecule has 0 saturated carbocycles. The Morgan fingerprint density at radius 2 is 2.26 bits per heavy atom. The van der Waals surface area contributed by atoms with Crippen LogP contribution in [0.4, 0.5) is 0 Å². The van der Waals surface area contributed by atoms with Crippen molar-refractivity contribution >= 4 is 0 Å². The van der Waals surface area contributed by atoms with Crippen molar-refractivity contribution in [2.45, 2.75) is 25.9 Å². The molecule has 0 spiro atoms. The molecular weight excluding hydrogens is 244 g/mol. The molecule has 0 fully saturated rings. The van der Waals surface area contributed by atoms with E-state index in [1.807, 2.05) is 24.3 Å². The number of aromatic nitrogens is 2. The van der Waals surface area contributed by atoms with Crippen LogP contribution in [0, 0.1) is 0 Å². The van der Waals surface area contributed by atoms with E-state index in [0.29, 0.717) is 24.2 Å². The maximum Gasteiger partial charge on any atom is 0.258 e. The summed E-state index contributed by atoms with van der Waals surface area (Å²) in [5.74, 6) is 0.964. The first-order valence-electron chi connectivity index (χ1n) is 6.25. The summed E-state index contributed by atoms with van der Waals surface area (Å²) in [5.41, 5.74) is 1.08. The van der Waals surface area contributed by atoms with Crippen LogP contribution in [0.1, 0.15) is 30.0 Å². The quantitative estimate of drug-likeness (QED) is 0.860. The van der Waals surface area contributed by atoms with E-state index < -0.39 is 0 Å². The maximum absolute atomic E-state index is 11.8. The van der Waals surface area contributed by atoms with Gasteiger partial charge in [-0.15, -0.1) is 0 Å². The molecule has 2 aromatic rings. The Labute approximate surface area is 109 Å². The molecule has 0 radical (unpaired) electrons. The van der Waals surface area contributed by atoms with Gasteiger partial charge in [0.25, 0.3) is 5.56 Å². The predicted octanol–water partition coefficient (Wildman–Crippen LogP) is 1.71. The second kappa shape index (κ2) is 4.42. The van der Waals surface area contributed by atoms with Crippen LogP contribution in [0.3, 0.4) is 0 Å². The number of benzene rings is 1. The predicted molar refractivity (Wildman–Crippen MR) is 69.4 cm³/mol. The smallest absolute Gasteiger partial charge is 0.258 e. The van der Waals surface area contributed by atoms with Crippen LogP contribution in [0.25, 0.3) is 0 Å². The normalized spacial score (nSPS) is 17.0. The van der Waals surface area contributed by atoms with E-state index in [2.05, 4.69) is 9.97 Å². The van der Waals surface area contributed by atoms with Crippen LogP contribution in [-0.4, -0.2) is 15.1 Å². The Hall–Kier alpha value is -2.30. The fourth-order valence-corrected chi connectivity index (χ4v) is 2.31. The van der Waals surface area contributed by atoms with Crippen molar-refractivity contribution in [1.82, 2.24) is 9.97 Å². The van der Waals surface area contributed by atoms with E-state index in [4.69, 9.17) is 4.74 Å². The van der Waals surface area contributed by atoms with E-state index in [0.717, 1.165) is 11.3 Å². The fourth-order valence-electron chi connectivity index (χ4n) is 2.31.